The van der Waals surface area contributed by atoms with Crippen molar-refractivity contribution in [3.05, 3.63) is 63.0 Å². The summed E-state index contributed by atoms with van der Waals surface area (Å²) in [7, 11) is -3.74. The molecule has 1 atom stereocenters. The molecule has 168 valence electrons. The van der Waals surface area contributed by atoms with Crippen molar-refractivity contribution in [3.8, 4) is 0 Å². The van der Waals surface area contributed by atoms with Gasteiger partial charge < -0.3 is 10.2 Å². The molecule has 0 aliphatic heterocycles. The number of nitrogens with one attached hydrogen (secondary N) is 1. The Balaban J connectivity index is 2.38. The number of benzene rings is 2. The van der Waals surface area contributed by atoms with Crippen LogP contribution in [-0.2, 0) is 26.2 Å². The van der Waals surface area contributed by atoms with Gasteiger partial charge in [0.2, 0.25) is 21.8 Å². The highest BCUT2D eigenvalue weighted by Crippen LogP contribution is 2.23. The second-order valence-electron chi connectivity index (χ2n) is 6.97. The van der Waals surface area contributed by atoms with Crippen LogP contribution >= 0.6 is 31.9 Å². The van der Waals surface area contributed by atoms with E-state index in [2.05, 4.69) is 37.2 Å². The Kier molecular flexibility index (Phi) is 9.08. The Hall–Kier alpha value is -1.91. The number of anilines is 1. The summed E-state index contributed by atoms with van der Waals surface area (Å²) in [6.45, 7) is 3.59. The topological polar surface area (TPSA) is 86.8 Å². The molecule has 0 saturated carbocycles. The minimum absolute atomic E-state index is 0.159. The minimum atomic E-state index is -3.74. The number of nitrogens with zero attached hydrogens (tertiary/aromatic N) is 2. The molecule has 0 aliphatic carbocycles. The van der Waals surface area contributed by atoms with Crippen LogP contribution in [0.25, 0.3) is 0 Å². The first-order valence-electron chi connectivity index (χ1n) is 9.57. The first-order chi connectivity index (χ1) is 14.5. The Bertz CT molecular complexity index is 1050. The average molecular weight is 575 g/mol. The highest BCUT2D eigenvalue weighted by Gasteiger charge is 2.30. The van der Waals surface area contributed by atoms with E-state index in [1.807, 2.05) is 24.3 Å². The van der Waals surface area contributed by atoms with Crippen molar-refractivity contribution in [2.45, 2.75) is 26.4 Å². The van der Waals surface area contributed by atoms with Gasteiger partial charge in [-0.25, -0.2) is 8.42 Å². The molecule has 0 aromatic heterocycles. The molecule has 0 bridgehead atoms. The van der Waals surface area contributed by atoms with E-state index in [-0.39, 0.29) is 12.5 Å². The number of halogens is 2. The van der Waals surface area contributed by atoms with Gasteiger partial charge in [0.1, 0.15) is 12.6 Å². The van der Waals surface area contributed by atoms with Crippen molar-refractivity contribution in [1.29, 1.82) is 0 Å². The van der Waals surface area contributed by atoms with E-state index in [1.54, 1.807) is 38.1 Å². The molecule has 0 spiro atoms. The van der Waals surface area contributed by atoms with Crippen LogP contribution < -0.4 is 9.62 Å². The maximum absolute atomic E-state index is 13.3. The molecule has 7 nitrogen and oxygen atoms in total. The van der Waals surface area contributed by atoms with Crippen LogP contribution in [0.4, 0.5) is 5.69 Å². The van der Waals surface area contributed by atoms with E-state index in [9.17, 15) is 18.0 Å². The quantitative estimate of drug-likeness (QED) is 0.496. The summed E-state index contributed by atoms with van der Waals surface area (Å²) < 4.78 is 27.5. The van der Waals surface area contributed by atoms with Crippen molar-refractivity contribution in [1.82, 2.24) is 10.2 Å². The summed E-state index contributed by atoms with van der Waals surface area (Å²) >= 11 is 6.74. The molecule has 0 unspecified atom stereocenters. The third-order valence-electron chi connectivity index (χ3n) is 4.54. The molecule has 2 amide bonds. The van der Waals surface area contributed by atoms with E-state index >= 15 is 0 Å². The van der Waals surface area contributed by atoms with Gasteiger partial charge in [-0.2, -0.15) is 0 Å². The fraction of sp³-hybridized carbons (Fsp3) is 0.333. The van der Waals surface area contributed by atoms with Crippen LogP contribution in [0.15, 0.2) is 57.5 Å². The molecule has 31 heavy (non-hydrogen) atoms. The number of sulfonamides is 1. The molecule has 2 aromatic rings. The Morgan fingerprint density at radius 2 is 1.68 bits per heavy atom. The first kappa shape index (κ1) is 25.4. The third kappa shape index (κ3) is 7.33. The number of amides is 2. The van der Waals surface area contributed by atoms with Gasteiger partial charge in [-0.15, -0.1) is 0 Å². The van der Waals surface area contributed by atoms with E-state index in [4.69, 9.17) is 0 Å². The maximum atomic E-state index is 13.3. The molecular formula is C21H25Br2N3O4S. The normalized spacial score (nSPS) is 12.2. The summed E-state index contributed by atoms with van der Waals surface area (Å²) in [4.78, 5) is 27.2. The molecule has 0 saturated heterocycles. The molecule has 2 aromatic carbocycles. The Labute approximate surface area is 200 Å². The SMILES string of the molecule is CCNC(=O)[C@@H](C)N(Cc1cccc(Br)c1)C(=O)CN(c1cccc(Br)c1)S(C)(=O)=O. The van der Waals surface area contributed by atoms with E-state index in [0.29, 0.717) is 16.7 Å². The van der Waals surface area contributed by atoms with E-state index in [1.165, 1.54) is 4.90 Å². The number of rotatable bonds is 9. The van der Waals surface area contributed by atoms with Gasteiger partial charge in [-0.05, 0) is 49.7 Å². The van der Waals surface area contributed by atoms with E-state index < -0.39 is 28.5 Å². The molecule has 0 aliphatic rings. The van der Waals surface area contributed by atoms with Crippen molar-refractivity contribution in [3.63, 3.8) is 0 Å². The predicted molar refractivity (Wildman–Crippen MR) is 129 cm³/mol. The second kappa shape index (κ2) is 11.1. The molecule has 10 heteroatoms. The molecule has 2 rings (SSSR count). The fourth-order valence-electron chi connectivity index (χ4n) is 2.98. The van der Waals surface area contributed by atoms with Gasteiger partial charge in [0.25, 0.3) is 0 Å². The number of hydrogen-bond donors (Lipinski definition) is 1. The Morgan fingerprint density at radius 3 is 2.23 bits per heavy atom. The minimum Gasteiger partial charge on any atom is -0.355 e. The molecule has 1 N–H and O–H groups in total. The molecule has 0 fully saturated rings. The summed E-state index contributed by atoms with van der Waals surface area (Å²) in [6, 6.07) is 13.3. The van der Waals surface area contributed by atoms with Crippen molar-refractivity contribution in [2.75, 3.05) is 23.7 Å². The van der Waals surface area contributed by atoms with Gasteiger partial charge in [0.05, 0.1) is 11.9 Å². The summed E-state index contributed by atoms with van der Waals surface area (Å²) in [5, 5.41) is 2.72. The lowest BCUT2D eigenvalue weighted by Crippen LogP contribution is -2.51. The number of carbonyl (C=O) groups excluding carboxylic acids is 2. The van der Waals surface area contributed by atoms with Gasteiger partial charge in [-0.3, -0.25) is 13.9 Å². The zero-order valence-corrected chi connectivity index (χ0v) is 21.5. The lowest BCUT2D eigenvalue weighted by atomic mass is 10.1. The Morgan fingerprint density at radius 1 is 1.06 bits per heavy atom. The smallest absolute Gasteiger partial charge is 0.244 e. The average Bonchev–Trinajstić information content (AvgIpc) is 2.69. The molecule has 0 radical (unpaired) electrons. The lowest BCUT2D eigenvalue weighted by molar-refractivity contribution is -0.139. The van der Waals surface area contributed by atoms with Crippen molar-refractivity contribution >= 4 is 59.4 Å². The van der Waals surface area contributed by atoms with Crippen LogP contribution in [0.5, 0.6) is 0 Å². The second-order valence-corrected chi connectivity index (χ2v) is 10.7. The summed E-state index contributed by atoms with van der Waals surface area (Å²) in [5.74, 6) is -0.789. The summed E-state index contributed by atoms with van der Waals surface area (Å²) in [6.07, 6.45) is 1.05. The van der Waals surface area contributed by atoms with Crippen LogP contribution in [0.3, 0.4) is 0 Å². The largest absolute Gasteiger partial charge is 0.355 e. The van der Waals surface area contributed by atoms with Crippen LogP contribution in [0.2, 0.25) is 0 Å². The van der Waals surface area contributed by atoms with Crippen molar-refractivity contribution < 1.29 is 18.0 Å². The van der Waals surface area contributed by atoms with Crippen LogP contribution in [0, 0.1) is 0 Å². The van der Waals surface area contributed by atoms with E-state index in [0.717, 1.165) is 20.6 Å². The molecule has 0 heterocycles. The number of hydrogen-bond acceptors (Lipinski definition) is 4. The first-order valence-corrected chi connectivity index (χ1v) is 13.0. The maximum Gasteiger partial charge on any atom is 0.244 e. The monoisotopic (exact) mass is 573 g/mol. The van der Waals surface area contributed by atoms with Gasteiger partial charge in [0.15, 0.2) is 0 Å². The fourth-order valence-corrected chi connectivity index (χ4v) is 4.66. The van der Waals surface area contributed by atoms with Crippen molar-refractivity contribution in [2.24, 2.45) is 0 Å². The molecular weight excluding hydrogens is 550 g/mol. The van der Waals surface area contributed by atoms with Gasteiger partial charge in [0, 0.05) is 22.0 Å². The van der Waals surface area contributed by atoms with Gasteiger partial charge >= 0.3 is 0 Å². The van der Waals surface area contributed by atoms with Crippen LogP contribution in [-0.4, -0.2) is 50.5 Å². The third-order valence-corrected chi connectivity index (χ3v) is 6.66. The standard InChI is InChI=1S/C21H25Br2N3O4S/c1-4-24-21(28)15(2)25(13-16-7-5-8-17(22)11-16)20(27)14-26(31(3,29)30)19-10-6-9-18(23)12-19/h5-12,15H,4,13-14H2,1-3H3,(H,24,28)/t15-/m1/s1. The number of likely N-dealkylation sites (N-methyl/N-ethyl adjacent to an activating group) is 1. The summed E-state index contributed by atoms with van der Waals surface area (Å²) in [5.41, 5.74) is 1.17. The van der Waals surface area contributed by atoms with Gasteiger partial charge in [-0.1, -0.05) is 50.1 Å². The zero-order valence-electron chi connectivity index (χ0n) is 17.5. The predicted octanol–water partition coefficient (Wildman–Crippen LogP) is 3.53. The highest BCUT2D eigenvalue weighted by atomic mass is 79.9. The zero-order chi connectivity index (χ0) is 23.2. The van der Waals surface area contributed by atoms with Crippen LogP contribution in [0.1, 0.15) is 19.4 Å². The number of carbonyl (C=O) groups is 2. The highest BCUT2D eigenvalue weighted by molar-refractivity contribution is 9.10. The lowest BCUT2D eigenvalue weighted by Gasteiger charge is -2.31.